The molecule has 15 nitrogen and oxygen atoms in total. The Morgan fingerprint density at radius 2 is 1.43 bits per heavy atom. The summed E-state index contributed by atoms with van der Waals surface area (Å²) in [6.07, 6.45) is 9.13. The van der Waals surface area contributed by atoms with E-state index in [4.69, 9.17) is 26.7 Å². The van der Waals surface area contributed by atoms with Crippen LogP contribution in [0, 0.1) is 6.92 Å². The summed E-state index contributed by atoms with van der Waals surface area (Å²) in [6, 6.07) is 12.0. The summed E-state index contributed by atoms with van der Waals surface area (Å²) in [6.45, 7) is 8.72. The Balaban J connectivity index is 0.00000237. The molecular weight excluding hydrogens is 779 g/mol. The molecule has 4 amide bonds. The van der Waals surface area contributed by atoms with Crippen molar-refractivity contribution in [1.82, 2.24) is 20.9 Å². The summed E-state index contributed by atoms with van der Waals surface area (Å²) < 4.78 is 12.0. The van der Waals surface area contributed by atoms with Crippen LogP contribution in [0.2, 0.25) is 0 Å². The van der Waals surface area contributed by atoms with Crippen LogP contribution < -0.4 is 42.6 Å². The van der Waals surface area contributed by atoms with Crippen LogP contribution in [0.15, 0.2) is 54.6 Å². The van der Waals surface area contributed by atoms with Gasteiger partial charge in [0.05, 0.1) is 6.54 Å². The van der Waals surface area contributed by atoms with Gasteiger partial charge in [-0.05, 0) is 92.2 Å². The van der Waals surface area contributed by atoms with E-state index >= 15 is 0 Å². The van der Waals surface area contributed by atoms with Crippen LogP contribution in [0.1, 0.15) is 104 Å². The lowest BCUT2D eigenvalue weighted by atomic mass is 9.93. The molecule has 10 N–H and O–H groups in total. The summed E-state index contributed by atoms with van der Waals surface area (Å²) in [4.78, 5) is 68.1. The van der Waals surface area contributed by atoms with Crippen LogP contribution in [0.5, 0.6) is 11.5 Å². The van der Waals surface area contributed by atoms with Crippen molar-refractivity contribution < 1.29 is 38.6 Å². The van der Waals surface area contributed by atoms with Crippen LogP contribution in [0.25, 0.3) is 11.1 Å². The number of carbonyl (C=O) groups excluding carboxylic acids is 4. The first-order valence-corrected chi connectivity index (χ1v) is 21.4. The van der Waals surface area contributed by atoms with Crippen molar-refractivity contribution >= 4 is 29.6 Å². The van der Waals surface area contributed by atoms with Crippen LogP contribution in [-0.4, -0.2) is 98.1 Å². The van der Waals surface area contributed by atoms with E-state index < -0.39 is 54.3 Å². The van der Waals surface area contributed by atoms with Gasteiger partial charge in [-0.15, -0.1) is 0 Å². The van der Waals surface area contributed by atoms with E-state index in [1.807, 2.05) is 19.1 Å². The van der Waals surface area contributed by atoms with Gasteiger partial charge in [0, 0.05) is 43.2 Å². The molecule has 334 valence electrons. The number of hydrogen-bond donors (Lipinski definition) is 7. The lowest BCUT2D eigenvalue weighted by molar-refractivity contribution is -0.142. The minimum atomic E-state index is -1.33. The quantitative estimate of drug-likeness (QED) is 0.0846. The van der Waals surface area contributed by atoms with E-state index in [0.29, 0.717) is 39.3 Å². The standard InChI is InChI=1S/C43H58N6O8.C3H9N/c1-5-6-7-8-9-10-11-29-12-15-32(27(2)22-29)41(52)46-26-38(50)49(4)39-31-14-17-37(57-21-19-45)34(25-31)33-23-30(13-16-36(33)56-20-18-44)24-35(43(54)55)48-40(51)28(3)47-42(39)53;1-2-3-4/h12-17,22-23,25,28,35,39H,5-11,18-21,24,26,44-45H2,1-4H3,(H,46,52)(H,47,53)(H,48,51)(H,54,55);2-4H2,1H3/t28-,35?,39?;/m0./s1. The third-order valence-corrected chi connectivity index (χ3v) is 10.3. The molecular formula is C46H67N7O8. The Morgan fingerprint density at radius 3 is 2.03 bits per heavy atom. The van der Waals surface area contributed by atoms with Crippen molar-refractivity contribution in [3.63, 3.8) is 0 Å². The van der Waals surface area contributed by atoms with Gasteiger partial charge in [0.1, 0.15) is 42.8 Å². The number of rotatable bonds is 19. The molecule has 4 bridgehead atoms. The Labute approximate surface area is 360 Å². The Kier molecular flexibility index (Phi) is 21.2. The van der Waals surface area contributed by atoms with Gasteiger partial charge < -0.3 is 52.6 Å². The number of ether oxygens (including phenoxy) is 2. The first-order valence-electron chi connectivity index (χ1n) is 21.4. The summed E-state index contributed by atoms with van der Waals surface area (Å²) in [7, 11) is 1.43. The molecule has 15 heteroatoms. The van der Waals surface area contributed by atoms with Crippen molar-refractivity contribution in [1.29, 1.82) is 0 Å². The van der Waals surface area contributed by atoms with Gasteiger partial charge in [-0.25, -0.2) is 4.79 Å². The number of nitrogens with two attached hydrogens (primary N) is 3. The van der Waals surface area contributed by atoms with Crippen molar-refractivity contribution in [2.75, 3.05) is 46.4 Å². The molecule has 0 aromatic heterocycles. The third kappa shape index (κ3) is 15.2. The molecule has 1 aliphatic rings. The summed E-state index contributed by atoms with van der Waals surface area (Å²) in [5, 5.41) is 17.9. The van der Waals surface area contributed by atoms with Crippen LogP contribution in [-0.2, 0) is 32.0 Å². The van der Waals surface area contributed by atoms with Gasteiger partial charge in [-0.2, -0.15) is 0 Å². The minimum absolute atomic E-state index is 0.0704. The first-order chi connectivity index (χ1) is 29.3. The van der Waals surface area contributed by atoms with E-state index in [-0.39, 0.29) is 32.7 Å². The normalized spacial score (nSPS) is 16.2. The van der Waals surface area contributed by atoms with Gasteiger partial charge in [0.2, 0.25) is 17.7 Å². The number of aliphatic carboxylic acids is 1. The summed E-state index contributed by atoms with van der Waals surface area (Å²) in [5.41, 5.74) is 20.9. The summed E-state index contributed by atoms with van der Waals surface area (Å²) >= 11 is 0. The van der Waals surface area contributed by atoms with E-state index in [9.17, 15) is 29.1 Å². The molecule has 0 spiro atoms. The molecule has 0 aliphatic carbocycles. The lowest BCUT2D eigenvalue weighted by Crippen LogP contribution is -2.53. The zero-order chi connectivity index (χ0) is 44.9. The third-order valence-electron chi connectivity index (χ3n) is 10.3. The van der Waals surface area contributed by atoms with Gasteiger partial charge in [-0.1, -0.05) is 70.2 Å². The average molecular weight is 846 g/mol. The van der Waals surface area contributed by atoms with Gasteiger partial charge in [-0.3, -0.25) is 19.2 Å². The molecule has 0 radical (unpaired) electrons. The highest BCUT2D eigenvalue weighted by Crippen LogP contribution is 2.40. The largest absolute Gasteiger partial charge is 0.492 e. The number of likely N-dealkylation sites (N-methyl/N-ethyl adjacent to an activating group) is 1. The molecule has 0 saturated carbocycles. The second kappa shape index (κ2) is 26.0. The van der Waals surface area contributed by atoms with E-state index in [0.717, 1.165) is 43.4 Å². The molecule has 61 heavy (non-hydrogen) atoms. The number of carbonyl (C=O) groups is 5. The lowest BCUT2D eigenvalue weighted by Gasteiger charge is -2.30. The second-order valence-electron chi connectivity index (χ2n) is 15.2. The van der Waals surface area contributed by atoms with Crippen molar-refractivity contribution in [3.05, 3.63) is 82.4 Å². The SMILES string of the molecule is CCCCCCCCc1ccc(C(=O)NCC(=O)N(C)C2C(=O)N[C@@H](C)C(=O)NC(C(=O)O)Cc3ccc(OCCN)c(c3)-c3cc2ccc3OCCN)c(C)c1.CCCN. The van der Waals surface area contributed by atoms with E-state index in [2.05, 4.69) is 29.8 Å². The van der Waals surface area contributed by atoms with Gasteiger partial charge >= 0.3 is 5.97 Å². The van der Waals surface area contributed by atoms with E-state index in [1.54, 1.807) is 42.5 Å². The maximum atomic E-state index is 14.2. The smallest absolute Gasteiger partial charge is 0.326 e. The van der Waals surface area contributed by atoms with Crippen LogP contribution in [0.4, 0.5) is 0 Å². The zero-order valence-corrected chi connectivity index (χ0v) is 36.5. The molecule has 2 unspecified atom stereocenters. The Hall–Kier alpha value is -5.51. The fourth-order valence-electron chi connectivity index (χ4n) is 6.84. The number of aryl methyl sites for hydroxylation is 2. The Bertz CT molecular complexity index is 1920. The zero-order valence-electron chi connectivity index (χ0n) is 36.5. The number of benzene rings is 3. The second-order valence-corrected chi connectivity index (χ2v) is 15.2. The maximum absolute atomic E-state index is 14.2. The fraction of sp³-hybridized carbons (Fsp3) is 0.500. The highest BCUT2D eigenvalue weighted by molar-refractivity contribution is 5.99. The van der Waals surface area contributed by atoms with Gasteiger partial charge in [0.25, 0.3) is 5.91 Å². The number of nitrogens with zero attached hydrogens (tertiary/aromatic N) is 1. The highest BCUT2D eigenvalue weighted by atomic mass is 16.5. The molecule has 0 fully saturated rings. The Morgan fingerprint density at radius 1 is 0.803 bits per heavy atom. The number of hydrogen-bond acceptors (Lipinski definition) is 10. The predicted octanol–water partition coefficient (Wildman–Crippen LogP) is 4.15. The fourth-order valence-corrected chi connectivity index (χ4v) is 6.84. The molecule has 3 atom stereocenters. The summed E-state index contributed by atoms with van der Waals surface area (Å²) in [5.74, 6) is -2.90. The van der Waals surface area contributed by atoms with E-state index in [1.165, 1.54) is 44.6 Å². The number of fused-ring (bicyclic) bond motifs is 5. The van der Waals surface area contributed by atoms with Crippen LogP contribution in [0.3, 0.4) is 0 Å². The molecule has 3 aromatic rings. The average Bonchev–Trinajstić information content (AvgIpc) is 3.25. The van der Waals surface area contributed by atoms with Crippen LogP contribution >= 0.6 is 0 Å². The van der Waals surface area contributed by atoms with Crippen molar-refractivity contribution in [2.24, 2.45) is 17.2 Å². The highest BCUT2D eigenvalue weighted by Gasteiger charge is 2.33. The molecule has 1 heterocycles. The number of unbranched alkanes of at least 4 members (excludes halogenated alkanes) is 5. The monoisotopic (exact) mass is 846 g/mol. The molecule has 3 aromatic carbocycles. The number of amides is 4. The molecule has 4 rings (SSSR count). The maximum Gasteiger partial charge on any atom is 0.326 e. The minimum Gasteiger partial charge on any atom is -0.492 e. The number of nitrogens with one attached hydrogen (secondary N) is 3. The number of carboxylic acids is 1. The van der Waals surface area contributed by atoms with Crippen molar-refractivity contribution in [2.45, 2.75) is 104 Å². The topological polar surface area (TPSA) is 241 Å². The molecule has 0 saturated heterocycles. The first kappa shape index (κ1) is 49.8. The van der Waals surface area contributed by atoms with Crippen molar-refractivity contribution in [3.8, 4) is 22.6 Å². The number of carboxylic acid groups (broad SMARTS) is 1. The predicted molar refractivity (Wildman–Crippen MR) is 237 cm³/mol. The molecule has 1 aliphatic heterocycles. The van der Waals surface area contributed by atoms with Gasteiger partial charge in [0.15, 0.2) is 0 Å².